The summed E-state index contributed by atoms with van der Waals surface area (Å²) < 4.78 is 5.23. The minimum Gasteiger partial charge on any atom is -0.497 e. The number of quaternary nitrogens is 1. The van der Waals surface area contributed by atoms with Crippen molar-refractivity contribution in [2.45, 2.75) is 45.1 Å². The Kier molecular flexibility index (Phi) is 6.13. The van der Waals surface area contributed by atoms with E-state index in [2.05, 4.69) is 17.0 Å². The number of methoxy groups -OCH3 is 1. The van der Waals surface area contributed by atoms with Crippen molar-refractivity contribution in [2.75, 3.05) is 33.3 Å². The number of nitrogens with zero attached hydrogens (tertiary/aromatic N) is 1. The minimum absolute atomic E-state index is 0.227. The molecule has 2 saturated heterocycles. The lowest BCUT2D eigenvalue weighted by Crippen LogP contribution is -3.12. The molecule has 2 aliphatic heterocycles. The fraction of sp³-hybridized carbons (Fsp3) is 0.650. The first-order valence-corrected chi connectivity index (χ1v) is 9.51. The van der Waals surface area contributed by atoms with E-state index in [1.54, 1.807) is 12.0 Å². The van der Waals surface area contributed by atoms with Gasteiger partial charge < -0.3 is 14.5 Å². The zero-order valence-electron chi connectivity index (χ0n) is 14.9. The third-order valence-corrected chi connectivity index (χ3v) is 5.50. The summed E-state index contributed by atoms with van der Waals surface area (Å²) in [5.74, 6) is 1.55. The molecule has 1 aromatic rings. The van der Waals surface area contributed by atoms with Crippen molar-refractivity contribution < 1.29 is 14.4 Å². The van der Waals surface area contributed by atoms with Gasteiger partial charge in [-0.3, -0.25) is 4.79 Å². The van der Waals surface area contributed by atoms with Gasteiger partial charge in [-0.2, -0.15) is 0 Å². The van der Waals surface area contributed by atoms with Crippen molar-refractivity contribution >= 4 is 5.91 Å². The van der Waals surface area contributed by atoms with Crippen LogP contribution in [0.1, 0.15) is 44.1 Å². The molecule has 0 bridgehead atoms. The van der Waals surface area contributed by atoms with Crippen LogP contribution < -0.4 is 9.64 Å². The molecule has 4 nitrogen and oxygen atoms in total. The molecule has 1 unspecified atom stereocenters. The number of ether oxygens (including phenoxy) is 1. The lowest BCUT2D eigenvalue weighted by molar-refractivity contribution is -0.921. The Morgan fingerprint density at radius 3 is 2.50 bits per heavy atom. The Balaban J connectivity index is 1.55. The second-order valence-electron chi connectivity index (χ2n) is 7.31. The number of hydrogen-bond acceptors (Lipinski definition) is 2. The van der Waals surface area contributed by atoms with Crippen LogP contribution in [0.25, 0.3) is 0 Å². The molecule has 4 heteroatoms. The van der Waals surface area contributed by atoms with Crippen LogP contribution in [0.2, 0.25) is 0 Å². The maximum absolute atomic E-state index is 12.9. The average molecular weight is 331 g/mol. The molecule has 0 radical (unpaired) electrons. The predicted octanol–water partition coefficient (Wildman–Crippen LogP) is 1.89. The highest BCUT2D eigenvalue weighted by Gasteiger charge is 2.31. The molecule has 0 spiro atoms. The van der Waals surface area contributed by atoms with Gasteiger partial charge in [-0.1, -0.05) is 12.8 Å². The molecular weight excluding hydrogens is 300 g/mol. The summed E-state index contributed by atoms with van der Waals surface area (Å²) >= 11 is 0. The van der Waals surface area contributed by atoms with Gasteiger partial charge in [0.2, 0.25) is 5.91 Å². The topological polar surface area (TPSA) is 34.0 Å². The second kappa shape index (κ2) is 8.52. The van der Waals surface area contributed by atoms with Crippen LogP contribution >= 0.6 is 0 Å². The number of carbonyl (C=O) groups excluding carboxylic acids is 1. The number of benzene rings is 1. The van der Waals surface area contributed by atoms with E-state index in [9.17, 15) is 4.79 Å². The van der Waals surface area contributed by atoms with Crippen molar-refractivity contribution in [1.29, 1.82) is 0 Å². The number of nitrogens with one attached hydrogen (secondary N) is 1. The average Bonchev–Trinajstić information content (AvgIpc) is 2.91. The first-order chi connectivity index (χ1) is 11.8. The summed E-state index contributed by atoms with van der Waals surface area (Å²) in [4.78, 5) is 16.6. The van der Waals surface area contributed by atoms with Gasteiger partial charge in [0.1, 0.15) is 12.3 Å². The summed E-state index contributed by atoms with van der Waals surface area (Å²) in [6.45, 7) is 5.12. The molecule has 0 aliphatic carbocycles. The van der Waals surface area contributed by atoms with Crippen molar-refractivity contribution in [3.8, 4) is 5.75 Å². The maximum atomic E-state index is 12.9. The van der Waals surface area contributed by atoms with E-state index in [-0.39, 0.29) is 5.92 Å². The van der Waals surface area contributed by atoms with Crippen molar-refractivity contribution in [3.63, 3.8) is 0 Å². The number of rotatable bonds is 4. The van der Waals surface area contributed by atoms with Gasteiger partial charge in [0.15, 0.2) is 0 Å². The van der Waals surface area contributed by atoms with Gasteiger partial charge in [-0.05, 0) is 49.9 Å². The third kappa shape index (κ3) is 4.50. The Morgan fingerprint density at radius 1 is 1.12 bits per heavy atom. The fourth-order valence-electron chi connectivity index (χ4n) is 4.10. The summed E-state index contributed by atoms with van der Waals surface area (Å²) in [5.41, 5.74) is 1.33. The molecule has 0 saturated carbocycles. The zero-order valence-corrected chi connectivity index (χ0v) is 14.9. The number of piperidine rings is 1. The minimum atomic E-state index is 0.227. The Hall–Kier alpha value is -1.55. The molecule has 1 aromatic carbocycles. The molecule has 1 amide bonds. The van der Waals surface area contributed by atoms with Gasteiger partial charge in [0, 0.05) is 18.7 Å². The van der Waals surface area contributed by atoms with E-state index in [0.717, 1.165) is 44.8 Å². The normalized spacial score (nSPS) is 25.1. The van der Waals surface area contributed by atoms with E-state index in [1.165, 1.54) is 37.8 Å². The number of hydrogen-bond donors (Lipinski definition) is 1. The SMILES string of the molecule is COc1ccc(C[NH+]2CCC[C@@H](C(=O)N3CCCCCC3)C2)cc1. The Labute approximate surface area is 145 Å². The Bertz CT molecular complexity index is 521. The lowest BCUT2D eigenvalue weighted by atomic mass is 9.96. The van der Waals surface area contributed by atoms with E-state index >= 15 is 0 Å². The standard InChI is InChI=1S/C20H30N2O2/c1-24-19-10-8-17(9-11-19)15-21-12-6-7-18(16-21)20(23)22-13-4-2-3-5-14-22/h8-11,18H,2-7,12-16H2,1H3/p+1/t18-/m1/s1. The van der Waals surface area contributed by atoms with Crippen LogP contribution in [0.15, 0.2) is 24.3 Å². The highest BCUT2D eigenvalue weighted by molar-refractivity contribution is 5.79. The molecule has 132 valence electrons. The molecule has 3 rings (SSSR count). The van der Waals surface area contributed by atoms with Crippen molar-refractivity contribution in [2.24, 2.45) is 5.92 Å². The van der Waals surface area contributed by atoms with Gasteiger partial charge in [0.25, 0.3) is 0 Å². The molecule has 1 N–H and O–H groups in total. The molecule has 2 atom stereocenters. The number of amides is 1. The van der Waals surface area contributed by atoms with Crippen LogP contribution in [-0.2, 0) is 11.3 Å². The summed E-state index contributed by atoms with van der Waals surface area (Å²) in [5, 5.41) is 0. The largest absolute Gasteiger partial charge is 0.497 e. The third-order valence-electron chi connectivity index (χ3n) is 5.50. The predicted molar refractivity (Wildman–Crippen MR) is 95.2 cm³/mol. The second-order valence-corrected chi connectivity index (χ2v) is 7.31. The van der Waals surface area contributed by atoms with Crippen LogP contribution in [0, 0.1) is 5.92 Å². The van der Waals surface area contributed by atoms with Crippen LogP contribution in [0.3, 0.4) is 0 Å². The van der Waals surface area contributed by atoms with Crippen LogP contribution in [0.5, 0.6) is 5.75 Å². The summed E-state index contributed by atoms with van der Waals surface area (Å²) in [6.07, 6.45) is 7.16. The highest BCUT2D eigenvalue weighted by Crippen LogP contribution is 2.17. The Morgan fingerprint density at radius 2 is 1.83 bits per heavy atom. The number of carbonyl (C=O) groups is 1. The molecule has 2 fully saturated rings. The quantitative estimate of drug-likeness (QED) is 0.914. The lowest BCUT2D eigenvalue weighted by Gasteiger charge is -2.32. The van der Waals surface area contributed by atoms with Crippen molar-refractivity contribution in [3.05, 3.63) is 29.8 Å². The van der Waals surface area contributed by atoms with E-state index in [0.29, 0.717) is 5.91 Å². The summed E-state index contributed by atoms with van der Waals surface area (Å²) in [7, 11) is 1.70. The highest BCUT2D eigenvalue weighted by atomic mass is 16.5. The van der Waals surface area contributed by atoms with Gasteiger partial charge in [-0.15, -0.1) is 0 Å². The smallest absolute Gasteiger partial charge is 0.231 e. The molecule has 2 aliphatic rings. The van der Waals surface area contributed by atoms with E-state index in [4.69, 9.17) is 4.74 Å². The zero-order chi connectivity index (χ0) is 16.8. The first-order valence-electron chi connectivity index (χ1n) is 9.51. The maximum Gasteiger partial charge on any atom is 0.231 e. The van der Waals surface area contributed by atoms with Crippen LogP contribution in [0.4, 0.5) is 0 Å². The molecule has 24 heavy (non-hydrogen) atoms. The van der Waals surface area contributed by atoms with Crippen molar-refractivity contribution in [1.82, 2.24) is 4.90 Å². The molecule has 0 aromatic heterocycles. The fourth-order valence-corrected chi connectivity index (χ4v) is 4.10. The number of likely N-dealkylation sites (tertiary alicyclic amines) is 2. The van der Waals surface area contributed by atoms with E-state index < -0.39 is 0 Å². The molecular formula is C20H31N2O2+. The first kappa shape index (κ1) is 17.3. The van der Waals surface area contributed by atoms with Gasteiger partial charge >= 0.3 is 0 Å². The molecule has 2 heterocycles. The monoisotopic (exact) mass is 331 g/mol. The summed E-state index contributed by atoms with van der Waals surface area (Å²) in [6, 6.07) is 8.34. The van der Waals surface area contributed by atoms with Gasteiger partial charge in [0.05, 0.1) is 26.1 Å². The van der Waals surface area contributed by atoms with E-state index in [1.807, 2.05) is 12.1 Å². The van der Waals surface area contributed by atoms with Gasteiger partial charge in [-0.25, -0.2) is 0 Å². The van der Waals surface area contributed by atoms with Crippen LogP contribution in [-0.4, -0.2) is 44.1 Å².